The molecule has 0 fully saturated rings. The quantitative estimate of drug-likeness (QED) is 0.616. The minimum atomic E-state index is 0.537. The number of thiocarbonyl (C=S) groups is 1. The number of pyridine rings is 2. The molecule has 4 nitrogen and oxygen atoms in total. The van der Waals surface area contributed by atoms with Crippen molar-refractivity contribution in [3.05, 3.63) is 77.7 Å². The molecule has 0 spiro atoms. The summed E-state index contributed by atoms with van der Waals surface area (Å²) < 4.78 is 0. The van der Waals surface area contributed by atoms with Crippen LogP contribution in [-0.2, 0) is 6.54 Å². The first-order valence-electron chi connectivity index (χ1n) is 7.53. The summed E-state index contributed by atoms with van der Waals surface area (Å²) in [4.78, 5) is 9.58. The van der Waals surface area contributed by atoms with E-state index in [-0.39, 0.29) is 0 Å². The van der Waals surface area contributed by atoms with E-state index in [0.29, 0.717) is 16.7 Å². The van der Waals surface area contributed by atoms with Gasteiger partial charge in [0, 0.05) is 35.1 Å². The Labute approximate surface area is 161 Å². The van der Waals surface area contributed by atoms with Gasteiger partial charge in [-0.25, -0.2) is 4.98 Å². The van der Waals surface area contributed by atoms with Crippen molar-refractivity contribution >= 4 is 46.4 Å². The maximum Gasteiger partial charge on any atom is 0.171 e. The Morgan fingerprint density at radius 2 is 1.88 bits per heavy atom. The fourth-order valence-electron chi connectivity index (χ4n) is 2.03. The molecule has 0 aliphatic heterocycles. The molecule has 0 atom stereocenters. The molecule has 0 unspecified atom stereocenters. The zero-order valence-corrected chi connectivity index (χ0v) is 15.5. The van der Waals surface area contributed by atoms with Crippen LogP contribution >= 0.6 is 35.6 Å². The van der Waals surface area contributed by atoms with E-state index in [0.717, 1.165) is 21.2 Å². The number of nitrogens with one attached hydrogen (secondary N) is 2. The number of nitrogens with zero attached hydrogens (tertiary/aromatic N) is 2. The van der Waals surface area contributed by atoms with Gasteiger partial charge in [-0.2, -0.15) is 0 Å². The van der Waals surface area contributed by atoms with Gasteiger partial charge in [-0.1, -0.05) is 29.4 Å². The summed E-state index contributed by atoms with van der Waals surface area (Å²) >= 11 is 12.9. The van der Waals surface area contributed by atoms with Gasteiger partial charge in [-0.05, 0) is 60.2 Å². The lowest BCUT2D eigenvalue weighted by Gasteiger charge is -2.13. The average Bonchev–Trinajstić information content (AvgIpc) is 2.64. The van der Waals surface area contributed by atoms with Gasteiger partial charge >= 0.3 is 0 Å². The molecule has 0 radical (unpaired) electrons. The summed E-state index contributed by atoms with van der Waals surface area (Å²) in [6, 6.07) is 15.4. The third-order valence-electron chi connectivity index (χ3n) is 3.22. The van der Waals surface area contributed by atoms with Gasteiger partial charge in [0.25, 0.3) is 0 Å². The first kappa shape index (κ1) is 17.7. The summed E-state index contributed by atoms with van der Waals surface area (Å²) in [6.45, 7) is 0.611. The van der Waals surface area contributed by atoms with Crippen LogP contribution in [0, 0.1) is 0 Å². The van der Waals surface area contributed by atoms with Gasteiger partial charge in [0.15, 0.2) is 5.11 Å². The maximum absolute atomic E-state index is 5.93. The number of benzene rings is 1. The van der Waals surface area contributed by atoms with Crippen molar-refractivity contribution < 1.29 is 0 Å². The summed E-state index contributed by atoms with van der Waals surface area (Å²) in [5, 5.41) is 8.47. The average molecular weight is 387 g/mol. The van der Waals surface area contributed by atoms with E-state index in [9.17, 15) is 0 Å². The molecule has 0 saturated heterocycles. The van der Waals surface area contributed by atoms with Crippen LogP contribution in [0.15, 0.2) is 77.0 Å². The topological polar surface area (TPSA) is 49.8 Å². The van der Waals surface area contributed by atoms with E-state index in [1.165, 1.54) is 0 Å². The molecule has 2 N–H and O–H groups in total. The van der Waals surface area contributed by atoms with Crippen molar-refractivity contribution in [2.45, 2.75) is 16.5 Å². The zero-order chi connectivity index (χ0) is 17.5. The lowest BCUT2D eigenvalue weighted by atomic mass is 10.3. The van der Waals surface area contributed by atoms with Crippen molar-refractivity contribution in [1.29, 1.82) is 0 Å². The lowest BCUT2D eigenvalue weighted by Crippen LogP contribution is -2.28. The molecule has 126 valence electrons. The molecular formula is C18H15ClN4S2. The summed E-state index contributed by atoms with van der Waals surface area (Å²) in [7, 11) is 0. The fourth-order valence-corrected chi connectivity index (χ4v) is 3.18. The Bertz CT molecular complexity index is 841. The number of anilines is 1. The minimum Gasteiger partial charge on any atom is -0.358 e. The van der Waals surface area contributed by atoms with Crippen LogP contribution in [0.25, 0.3) is 0 Å². The minimum absolute atomic E-state index is 0.537. The highest BCUT2D eigenvalue weighted by molar-refractivity contribution is 7.99. The molecular weight excluding hydrogens is 372 g/mol. The van der Waals surface area contributed by atoms with Crippen LogP contribution in [0.5, 0.6) is 0 Å². The second kappa shape index (κ2) is 8.80. The van der Waals surface area contributed by atoms with E-state index in [2.05, 4.69) is 20.6 Å². The first-order chi connectivity index (χ1) is 12.2. The van der Waals surface area contributed by atoms with Gasteiger partial charge < -0.3 is 10.6 Å². The monoisotopic (exact) mass is 386 g/mol. The fraction of sp³-hybridized carbons (Fsp3) is 0.0556. The van der Waals surface area contributed by atoms with E-state index in [4.69, 9.17) is 23.8 Å². The Morgan fingerprint density at radius 1 is 1.08 bits per heavy atom. The van der Waals surface area contributed by atoms with Crippen molar-refractivity contribution in [1.82, 2.24) is 15.3 Å². The van der Waals surface area contributed by atoms with E-state index < -0.39 is 0 Å². The second-order valence-corrected chi connectivity index (χ2v) is 6.99. The second-order valence-electron chi connectivity index (χ2n) is 5.08. The smallest absolute Gasteiger partial charge is 0.171 e. The maximum atomic E-state index is 5.93. The number of hydrogen-bond donors (Lipinski definition) is 2. The van der Waals surface area contributed by atoms with E-state index >= 15 is 0 Å². The first-order valence-corrected chi connectivity index (χ1v) is 9.13. The molecule has 3 rings (SSSR count). The van der Waals surface area contributed by atoms with Crippen LogP contribution in [0.2, 0.25) is 5.02 Å². The van der Waals surface area contributed by atoms with Crippen LogP contribution in [0.4, 0.5) is 5.69 Å². The Balaban J connectivity index is 1.64. The van der Waals surface area contributed by atoms with Crippen molar-refractivity contribution in [3.63, 3.8) is 0 Å². The Morgan fingerprint density at radius 3 is 2.64 bits per heavy atom. The van der Waals surface area contributed by atoms with Gasteiger partial charge in [0.2, 0.25) is 0 Å². The van der Waals surface area contributed by atoms with Gasteiger partial charge in [-0.3, -0.25) is 4.98 Å². The summed E-state index contributed by atoms with van der Waals surface area (Å²) in [5.74, 6) is 0. The molecule has 1 aromatic carbocycles. The third kappa shape index (κ3) is 5.42. The standard InChI is InChI=1S/C18H15ClN4S2/c19-14-5-7-15(8-6-14)25-17-16(4-2-10-21-17)23-18(24)22-12-13-3-1-9-20-11-13/h1-11H,12H2,(H2,22,23,24). The van der Waals surface area contributed by atoms with Gasteiger partial charge in [0.05, 0.1) is 5.69 Å². The molecule has 2 aromatic heterocycles. The number of rotatable bonds is 5. The van der Waals surface area contributed by atoms with Gasteiger partial charge in [0.1, 0.15) is 5.03 Å². The zero-order valence-electron chi connectivity index (χ0n) is 13.1. The molecule has 7 heteroatoms. The van der Waals surface area contributed by atoms with Gasteiger partial charge in [-0.15, -0.1) is 0 Å². The SMILES string of the molecule is S=C(NCc1cccnc1)Nc1cccnc1Sc1ccc(Cl)cc1. The Kier molecular flexibility index (Phi) is 6.22. The molecule has 0 saturated carbocycles. The normalized spacial score (nSPS) is 10.3. The molecule has 0 bridgehead atoms. The van der Waals surface area contributed by atoms with Crippen LogP contribution < -0.4 is 10.6 Å². The van der Waals surface area contributed by atoms with Crippen molar-refractivity contribution in [2.75, 3.05) is 5.32 Å². The van der Waals surface area contributed by atoms with Crippen molar-refractivity contribution in [2.24, 2.45) is 0 Å². The van der Waals surface area contributed by atoms with Crippen LogP contribution in [-0.4, -0.2) is 15.1 Å². The Hall–Kier alpha value is -2.15. The van der Waals surface area contributed by atoms with E-state index in [1.807, 2.05) is 54.7 Å². The number of aromatic nitrogens is 2. The van der Waals surface area contributed by atoms with Crippen molar-refractivity contribution in [3.8, 4) is 0 Å². The summed E-state index contributed by atoms with van der Waals surface area (Å²) in [5.41, 5.74) is 1.92. The number of halogens is 1. The predicted molar refractivity (Wildman–Crippen MR) is 107 cm³/mol. The molecule has 2 heterocycles. The molecule has 25 heavy (non-hydrogen) atoms. The number of hydrogen-bond acceptors (Lipinski definition) is 4. The summed E-state index contributed by atoms with van der Waals surface area (Å²) in [6.07, 6.45) is 5.31. The highest BCUT2D eigenvalue weighted by atomic mass is 35.5. The largest absolute Gasteiger partial charge is 0.358 e. The molecule has 0 amide bonds. The van der Waals surface area contributed by atoms with Crippen LogP contribution in [0.1, 0.15) is 5.56 Å². The lowest BCUT2D eigenvalue weighted by molar-refractivity contribution is 0.915. The third-order valence-corrected chi connectivity index (χ3v) is 4.75. The molecule has 0 aliphatic carbocycles. The van der Waals surface area contributed by atoms with Crippen LogP contribution in [0.3, 0.4) is 0 Å². The highest BCUT2D eigenvalue weighted by Crippen LogP contribution is 2.32. The van der Waals surface area contributed by atoms with E-state index in [1.54, 1.807) is 24.2 Å². The molecule has 3 aromatic rings. The predicted octanol–water partition coefficient (Wildman–Crippen LogP) is 4.77. The molecule has 0 aliphatic rings. The highest BCUT2D eigenvalue weighted by Gasteiger charge is 2.07.